The SMILES string of the molecule is COc1ccc(/C(C)=N/NC(=O)C2CCN(Cc3ccccc3Cl)CC2)cc1. The highest BCUT2D eigenvalue weighted by Crippen LogP contribution is 2.22. The average molecular weight is 400 g/mol. The Balaban J connectivity index is 1.48. The number of carbonyl (C=O) groups is 1. The Bertz CT molecular complexity index is 828. The van der Waals surface area contributed by atoms with Gasteiger partial charge in [-0.2, -0.15) is 5.10 Å². The molecule has 0 aliphatic carbocycles. The highest BCUT2D eigenvalue weighted by atomic mass is 35.5. The second-order valence-electron chi connectivity index (χ2n) is 7.04. The van der Waals surface area contributed by atoms with E-state index >= 15 is 0 Å². The number of hydrogen-bond donors (Lipinski definition) is 1. The fourth-order valence-corrected chi connectivity index (χ4v) is 3.54. The number of hydrogen-bond acceptors (Lipinski definition) is 4. The van der Waals surface area contributed by atoms with Gasteiger partial charge in [0.05, 0.1) is 12.8 Å². The van der Waals surface area contributed by atoms with Crippen molar-refractivity contribution in [1.82, 2.24) is 10.3 Å². The minimum absolute atomic E-state index is 0.00471. The summed E-state index contributed by atoms with van der Waals surface area (Å²) in [7, 11) is 1.63. The van der Waals surface area contributed by atoms with Crippen LogP contribution in [0.15, 0.2) is 53.6 Å². The normalized spacial score (nSPS) is 16.0. The lowest BCUT2D eigenvalue weighted by molar-refractivity contribution is -0.126. The monoisotopic (exact) mass is 399 g/mol. The first-order valence-electron chi connectivity index (χ1n) is 9.51. The molecule has 0 aromatic heterocycles. The number of piperidine rings is 1. The van der Waals surface area contributed by atoms with Gasteiger partial charge in [0, 0.05) is 17.5 Å². The van der Waals surface area contributed by atoms with E-state index in [1.165, 1.54) is 0 Å². The molecule has 0 spiro atoms. The standard InChI is InChI=1S/C22H26ClN3O2/c1-16(17-7-9-20(28-2)10-8-17)24-25-22(27)18-11-13-26(14-12-18)15-19-5-3-4-6-21(19)23/h3-10,18H,11-15H2,1-2H3,(H,25,27)/b24-16+. The van der Waals surface area contributed by atoms with Crippen molar-refractivity contribution in [2.75, 3.05) is 20.2 Å². The molecule has 0 atom stereocenters. The largest absolute Gasteiger partial charge is 0.497 e. The number of ether oxygens (including phenoxy) is 1. The molecule has 3 rings (SSSR count). The summed E-state index contributed by atoms with van der Waals surface area (Å²) in [5, 5.41) is 5.07. The van der Waals surface area contributed by atoms with E-state index in [2.05, 4.69) is 21.5 Å². The molecule has 0 bridgehead atoms. The molecule has 1 N–H and O–H groups in total. The van der Waals surface area contributed by atoms with Gasteiger partial charge < -0.3 is 4.74 Å². The van der Waals surface area contributed by atoms with Crippen LogP contribution < -0.4 is 10.2 Å². The number of carbonyl (C=O) groups excluding carboxylic acids is 1. The van der Waals surface area contributed by atoms with Crippen LogP contribution in [0.3, 0.4) is 0 Å². The number of hydrazone groups is 1. The predicted octanol–water partition coefficient (Wildman–Crippen LogP) is 4.10. The van der Waals surface area contributed by atoms with E-state index in [9.17, 15) is 4.79 Å². The van der Waals surface area contributed by atoms with Crippen molar-refractivity contribution >= 4 is 23.2 Å². The Morgan fingerprint density at radius 2 is 1.86 bits per heavy atom. The van der Waals surface area contributed by atoms with E-state index < -0.39 is 0 Å². The second kappa shape index (κ2) is 9.71. The van der Waals surface area contributed by atoms with Crippen molar-refractivity contribution in [3.05, 3.63) is 64.7 Å². The van der Waals surface area contributed by atoms with Crippen LogP contribution in [0.25, 0.3) is 0 Å². The van der Waals surface area contributed by atoms with Crippen LogP contribution in [0, 0.1) is 5.92 Å². The number of amides is 1. The fraction of sp³-hybridized carbons (Fsp3) is 0.364. The van der Waals surface area contributed by atoms with Gasteiger partial charge in [0.15, 0.2) is 0 Å². The maximum atomic E-state index is 12.5. The van der Waals surface area contributed by atoms with Gasteiger partial charge in [-0.05, 0) is 74.3 Å². The highest BCUT2D eigenvalue weighted by molar-refractivity contribution is 6.31. The molecule has 28 heavy (non-hydrogen) atoms. The van der Waals surface area contributed by atoms with Crippen LogP contribution in [-0.4, -0.2) is 36.7 Å². The lowest BCUT2D eigenvalue weighted by Crippen LogP contribution is -2.39. The minimum Gasteiger partial charge on any atom is -0.497 e. The lowest BCUT2D eigenvalue weighted by Gasteiger charge is -2.31. The smallest absolute Gasteiger partial charge is 0.243 e. The van der Waals surface area contributed by atoms with Gasteiger partial charge in [0.2, 0.25) is 5.91 Å². The molecule has 1 aliphatic heterocycles. The highest BCUT2D eigenvalue weighted by Gasteiger charge is 2.25. The van der Waals surface area contributed by atoms with Gasteiger partial charge in [-0.15, -0.1) is 0 Å². The molecule has 5 nitrogen and oxygen atoms in total. The van der Waals surface area contributed by atoms with Crippen LogP contribution in [0.5, 0.6) is 5.75 Å². The maximum absolute atomic E-state index is 12.5. The number of rotatable bonds is 6. The van der Waals surface area contributed by atoms with Gasteiger partial charge in [-0.3, -0.25) is 9.69 Å². The van der Waals surface area contributed by atoms with Crippen molar-refractivity contribution in [3.63, 3.8) is 0 Å². The molecule has 2 aromatic carbocycles. The summed E-state index contributed by atoms with van der Waals surface area (Å²) >= 11 is 6.25. The van der Waals surface area contributed by atoms with Gasteiger partial charge in [-0.1, -0.05) is 29.8 Å². The van der Waals surface area contributed by atoms with Crippen molar-refractivity contribution < 1.29 is 9.53 Å². The first kappa shape index (κ1) is 20.4. The number of halogens is 1. The quantitative estimate of drug-likeness (QED) is 0.587. The molecule has 1 aliphatic rings. The number of nitrogens with zero attached hydrogens (tertiary/aromatic N) is 2. The number of likely N-dealkylation sites (tertiary alicyclic amines) is 1. The topological polar surface area (TPSA) is 53.9 Å². The van der Waals surface area contributed by atoms with Crippen molar-refractivity contribution in [3.8, 4) is 5.75 Å². The van der Waals surface area contributed by atoms with Crippen LogP contribution in [0.4, 0.5) is 0 Å². The molecule has 0 unspecified atom stereocenters. The van der Waals surface area contributed by atoms with Crippen LogP contribution in [0.1, 0.15) is 30.9 Å². The summed E-state index contributed by atoms with van der Waals surface area (Å²) in [4.78, 5) is 14.8. The third-order valence-electron chi connectivity index (χ3n) is 5.15. The number of methoxy groups -OCH3 is 1. The summed E-state index contributed by atoms with van der Waals surface area (Å²) in [5.41, 5.74) is 5.59. The predicted molar refractivity (Wildman–Crippen MR) is 113 cm³/mol. The van der Waals surface area contributed by atoms with Gasteiger partial charge in [0.25, 0.3) is 0 Å². The van der Waals surface area contributed by atoms with E-state index in [1.54, 1.807) is 7.11 Å². The van der Waals surface area contributed by atoms with Crippen LogP contribution in [0.2, 0.25) is 5.02 Å². The molecule has 1 fully saturated rings. The third kappa shape index (κ3) is 5.33. The molecule has 1 saturated heterocycles. The average Bonchev–Trinajstić information content (AvgIpc) is 2.74. The maximum Gasteiger partial charge on any atom is 0.243 e. The summed E-state index contributed by atoms with van der Waals surface area (Å²) in [6, 6.07) is 15.5. The zero-order valence-corrected chi connectivity index (χ0v) is 17.1. The van der Waals surface area contributed by atoms with Crippen molar-refractivity contribution in [2.24, 2.45) is 11.0 Å². The van der Waals surface area contributed by atoms with E-state index in [4.69, 9.17) is 16.3 Å². The fourth-order valence-electron chi connectivity index (χ4n) is 3.35. The molecule has 1 amide bonds. The Morgan fingerprint density at radius 3 is 2.50 bits per heavy atom. The first-order chi connectivity index (χ1) is 13.6. The molecular formula is C22H26ClN3O2. The third-order valence-corrected chi connectivity index (χ3v) is 5.52. The Hall–Kier alpha value is -2.37. The summed E-state index contributed by atoms with van der Waals surface area (Å²) in [6.07, 6.45) is 1.65. The minimum atomic E-state index is -0.00902. The molecule has 148 valence electrons. The van der Waals surface area contributed by atoms with E-state index in [-0.39, 0.29) is 11.8 Å². The summed E-state index contributed by atoms with van der Waals surface area (Å²) < 4.78 is 5.16. The summed E-state index contributed by atoms with van der Waals surface area (Å²) in [6.45, 7) is 4.46. The summed E-state index contributed by atoms with van der Waals surface area (Å²) in [5.74, 6) is 0.782. The van der Waals surface area contributed by atoms with E-state index in [0.717, 1.165) is 60.1 Å². The molecular weight excluding hydrogens is 374 g/mol. The van der Waals surface area contributed by atoms with Crippen LogP contribution in [-0.2, 0) is 11.3 Å². The second-order valence-corrected chi connectivity index (χ2v) is 7.45. The Morgan fingerprint density at radius 1 is 1.18 bits per heavy atom. The zero-order chi connectivity index (χ0) is 19.9. The van der Waals surface area contributed by atoms with Gasteiger partial charge in [-0.25, -0.2) is 5.43 Å². The molecule has 0 radical (unpaired) electrons. The Kier molecular flexibility index (Phi) is 7.06. The number of benzene rings is 2. The number of nitrogens with one attached hydrogen (secondary N) is 1. The van der Waals surface area contributed by atoms with Crippen LogP contribution >= 0.6 is 11.6 Å². The van der Waals surface area contributed by atoms with Crippen molar-refractivity contribution in [2.45, 2.75) is 26.3 Å². The van der Waals surface area contributed by atoms with E-state index in [1.807, 2.05) is 49.4 Å². The van der Waals surface area contributed by atoms with Gasteiger partial charge in [0.1, 0.15) is 5.75 Å². The molecule has 1 heterocycles. The zero-order valence-electron chi connectivity index (χ0n) is 16.3. The molecule has 2 aromatic rings. The first-order valence-corrected chi connectivity index (χ1v) is 9.89. The lowest BCUT2D eigenvalue weighted by atomic mass is 9.96. The van der Waals surface area contributed by atoms with Gasteiger partial charge >= 0.3 is 0 Å². The van der Waals surface area contributed by atoms with E-state index in [0.29, 0.717) is 0 Å². The molecule has 6 heteroatoms. The van der Waals surface area contributed by atoms with Crippen molar-refractivity contribution in [1.29, 1.82) is 0 Å². The Labute approximate surface area is 171 Å². The molecule has 0 saturated carbocycles.